The molecule has 1 aromatic carbocycles. The van der Waals surface area contributed by atoms with Crippen LogP contribution in [-0.2, 0) is 4.79 Å². The molecular formula is C16H25N3O3. The molecule has 0 fully saturated rings. The summed E-state index contributed by atoms with van der Waals surface area (Å²) < 4.78 is 0. The highest BCUT2D eigenvalue weighted by Gasteiger charge is 2.16. The summed E-state index contributed by atoms with van der Waals surface area (Å²) in [5, 5.41) is 11.9. The van der Waals surface area contributed by atoms with Crippen molar-refractivity contribution in [2.24, 2.45) is 0 Å². The van der Waals surface area contributed by atoms with Crippen molar-refractivity contribution < 1.29 is 14.8 Å². The standard InChI is InChI=1S/C16H25N3O3/c1-18(2)19(16(21)14-10-6-5-7-11-14)13-9-4-3-8-12-15(20)17-22/h5-7,10-11,22H,3-4,8-9,12-13H2,1-2H3,(H,17,20). The molecule has 0 aromatic heterocycles. The average molecular weight is 307 g/mol. The van der Waals surface area contributed by atoms with Crippen molar-refractivity contribution in [2.45, 2.75) is 32.1 Å². The van der Waals surface area contributed by atoms with Gasteiger partial charge in [0.2, 0.25) is 5.91 Å². The van der Waals surface area contributed by atoms with Crippen LogP contribution in [0.3, 0.4) is 0 Å². The summed E-state index contributed by atoms with van der Waals surface area (Å²) in [7, 11) is 3.71. The third kappa shape index (κ3) is 6.24. The Balaban J connectivity index is 2.36. The van der Waals surface area contributed by atoms with Gasteiger partial charge in [-0.3, -0.25) is 19.8 Å². The molecule has 122 valence electrons. The molecule has 1 rings (SSSR count). The van der Waals surface area contributed by atoms with Crippen LogP contribution in [0.15, 0.2) is 30.3 Å². The van der Waals surface area contributed by atoms with Gasteiger partial charge in [-0.05, 0) is 25.0 Å². The van der Waals surface area contributed by atoms with Crippen LogP contribution >= 0.6 is 0 Å². The van der Waals surface area contributed by atoms with E-state index < -0.39 is 0 Å². The highest BCUT2D eigenvalue weighted by atomic mass is 16.5. The van der Waals surface area contributed by atoms with E-state index in [1.54, 1.807) is 15.5 Å². The Morgan fingerprint density at radius 2 is 1.68 bits per heavy atom. The Labute approximate surface area is 131 Å². The van der Waals surface area contributed by atoms with Crippen molar-refractivity contribution in [3.63, 3.8) is 0 Å². The van der Waals surface area contributed by atoms with Gasteiger partial charge in [0.1, 0.15) is 0 Å². The van der Waals surface area contributed by atoms with E-state index in [9.17, 15) is 9.59 Å². The third-order valence-corrected chi connectivity index (χ3v) is 3.39. The first-order valence-electron chi connectivity index (χ1n) is 7.53. The topological polar surface area (TPSA) is 72.9 Å². The predicted octanol–water partition coefficient (Wildman–Crippen LogP) is 2.06. The van der Waals surface area contributed by atoms with E-state index in [1.165, 1.54) is 0 Å². The van der Waals surface area contributed by atoms with Crippen LogP contribution in [0.2, 0.25) is 0 Å². The SMILES string of the molecule is CN(C)N(CCCCCCC(=O)NO)C(=O)c1ccccc1. The van der Waals surface area contributed by atoms with E-state index in [0.717, 1.165) is 25.7 Å². The van der Waals surface area contributed by atoms with E-state index in [0.29, 0.717) is 18.5 Å². The largest absolute Gasteiger partial charge is 0.289 e. The molecule has 0 aliphatic carbocycles. The van der Waals surface area contributed by atoms with Crippen LogP contribution in [0.4, 0.5) is 0 Å². The maximum absolute atomic E-state index is 12.4. The lowest BCUT2D eigenvalue weighted by Crippen LogP contribution is -2.42. The van der Waals surface area contributed by atoms with E-state index >= 15 is 0 Å². The van der Waals surface area contributed by atoms with Crippen LogP contribution in [0.1, 0.15) is 42.5 Å². The summed E-state index contributed by atoms with van der Waals surface area (Å²) in [6.07, 6.45) is 3.77. The Morgan fingerprint density at radius 3 is 2.27 bits per heavy atom. The third-order valence-electron chi connectivity index (χ3n) is 3.39. The molecule has 0 aliphatic rings. The van der Waals surface area contributed by atoms with Gasteiger partial charge in [0.05, 0.1) is 0 Å². The Kier molecular flexibility index (Phi) is 8.17. The lowest BCUT2D eigenvalue weighted by Gasteiger charge is -2.29. The lowest BCUT2D eigenvalue weighted by molar-refractivity contribution is -0.129. The fraction of sp³-hybridized carbons (Fsp3) is 0.500. The lowest BCUT2D eigenvalue weighted by atomic mass is 10.1. The van der Waals surface area contributed by atoms with Crippen LogP contribution in [0.25, 0.3) is 0 Å². The predicted molar refractivity (Wildman–Crippen MR) is 84.2 cm³/mol. The second-order valence-electron chi connectivity index (χ2n) is 5.34. The fourth-order valence-corrected chi connectivity index (χ4v) is 2.17. The van der Waals surface area contributed by atoms with Crippen LogP contribution in [0.5, 0.6) is 0 Å². The maximum atomic E-state index is 12.4. The monoisotopic (exact) mass is 307 g/mol. The summed E-state index contributed by atoms with van der Waals surface area (Å²) in [6, 6.07) is 9.22. The molecule has 0 heterocycles. The van der Waals surface area contributed by atoms with Crippen molar-refractivity contribution in [2.75, 3.05) is 20.6 Å². The molecule has 1 aromatic rings. The minimum absolute atomic E-state index is 0.00902. The van der Waals surface area contributed by atoms with Gasteiger partial charge in [0, 0.05) is 32.6 Å². The first-order chi connectivity index (χ1) is 10.6. The molecule has 0 bridgehead atoms. The molecule has 0 spiro atoms. The minimum atomic E-state index is -0.353. The molecule has 0 aliphatic heterocycles. The second kappa shape index (κ2) is 9.92. The summed E-state index contributed by atoms with van der Waals surface area (Å²) >= 11 is 0. The first kappa shape index (κ1) is 18.1. The zero-order valence-electron chi connectivity index (χ0n) is 13.3. The zero-order valence-corrected chi connectivity index (χ0v) is 13.3. The van der Waals surface area contributed by atoms with E-state index in [1.807, 2.05) is 44.4 Å². The van der Waals surface area contributed by atoms with E-state index in [4.69, 9.17) is 5.21 Å². The van der Waals surface area contributed by atoms with Gasteiger partial charge in [-0.15, -0.1) is 0 Å². The van der Waals surface area contributed by atoms with Gasteiger partial charge in [-0.2, -0.15) is 0 Å². The maximum Gasteiger partial charge on any atom is 0.268 e. The number of carbonyl (C=O) groups is 2. The van der Waals surface area contributed by atoms with Crippen molar-refractivity contribution in [3.8, 4) is 0 Å². The molecule has 0 unspecified atom stereocenters. The van der Waals surface area contributed by atoms with Crippen molar-refractivity contribution in [1.82, 2.24) is 15.5 Å². The molecule has 0 atom stereocenters. The molecule has 22 heavy (non-hydrogen) atoms. The number of amides is 2. The van der Waals surface area contributed by atoms with Crippen molar-refractivity contribution in [1.29, 1.82) is 0 Å². The number of nitrogens with zero attached hydrogens (tertiary/aromatic N) is 2. The molecule has 0 radical (unpaired) electrons. The second-order valence-corrected chi connectivity index (χ2v) is 5.34. The first-order valence-corrected chi connectivity index (χ1v) is 7.53. The summed E-state index contributed by atoms with van der Waals surface area (Å²) in [6.45, 7) is 0.646. The highest BCUT2D eigenvalue weighted by molar-refractivity contribution is 5.93. The minimum Gasteiger partial charge on any atom is -0.289 e. The normalized spacial score (nSPS) is 10.5. The number of rotatable bonds is 9. The molecule has 0 saturated carbocycles. The Hall–Kier alpha value is -1.92. The van der Waals surface area contributed by atoms with Gasteiger partial charge in [0.15, 0.2) is 0 Å². The zero-order chi connectivity index (χ0) is 16.4. The van der Waals surface area contributed by atoms with Gasteiger partial charge >= 0.3 is 0 Å². The fourth-order valence-electron chi connectivity index (χ4n) is 2.17. The molecule has 6 nitrogen and oxygen atoms in total. The van der Waals surface area contributed by atoms with E-state index in [-0.39, 0.29) is 11.8 Å². The summed E-state index contributed by atoms with van der Waals surface area (Å²) in [4.78, 5) is 23.3. The van der Waals surface area contributed by atoms with Gasteiger partial charge in [-0.1, -0.05) is 31.0 Å². The average Bonchev–Trinajstić information content (AvgIpc) is 2.53. The smallest absolute Gasteiger partial charge is 0.268 e. The number of nitrogens with one attached hydrogen (secondary N) is 1. The molecule has 6 heteroatoms. The molecule has 2 N–H and O–H groups in total. The van der Waals surface area contributed by atoms with Crippen molar-refractivity contribution in [3.05, 3.63) is 35.9 Å². The van der Waals surface area contributed by atoms with E-state index in [2.05, 4.69) is 0 Å². The molecular weight excluding hydrogens is 282 g/mol. The van der Waals surface area contributed by atoms with Gasteiger partial charge in [-0.25, -0.2) is 10.5 Å². The Morgan fingerprint density at radius 1 is 1.05 bits per heavy atom. The molecule has 2 amide bonds. The number of hydrogen-bond donors (Lipinski definition) is 2. The number of hydroxylamine groups is 1. The quantitative estimate of drug-likeness (QED) is 0.416. The number of benzene rings is 1. The van der Waals surface area contributed by atoms with Crippen LogP contribution in [-0.4, -0.2) is 47.7 Å². The van der Waals surface area contributed by atoms with Crippen LogP contribution < -0.4 is 5.48 Å². The Bertz CT molecular complexity index is 463. The summed E-state index contributed by atoms with van der Waals surface area (Å²) in [5.74, 6) is -0.362. The highest BCUT2D eigenvalue weighted by Crippen LogP contribution is 2.09. The van der Waals surface area contributed by atoms with Gasteiger partial charge < -0.3 is 0 Å². The number of hydrogen-bond acceptors (Lipinski definition) is 4. The van der Waals surface area contributed by atoms with Crippen molar-refractivity contribution >= 4 is 11.8 Å². The van der Waals surface area contributed by atoms with Crippen LogP contribution in [0, 0.1) is 0 Å². The molecule has 0 saturated heterocycles. The summed E-state index contributed by atoms with van der Waals surface area (Å²) in [5.41, 5.74) is 2.30. The van der Waals surface area contributed by atoms with Gasteiger partial charge in [0.25, 0.3) is 5.91 Å². The number of unbranched alkanes of at least 4 members (excludes halogenated alkanes) is 3. The number of hydrazine groups is 1. The number of carbonyl (C=O) groups excluding carboxylic acids is 2.